The standard InChI is InChI=1S/C15H21N3O2/c1-15(20)7-8-18(9-13(15)19)10-14-16-11-5-3-4-6-12(11)17(14)2/h3-6,13,19-20H,7-10H2,1-2H3/t13-,15-/m1/s1. The van der Waals surface area contributed by atoms with E-state index in [1.165, 1.54) is 0 Å². The van der Waals surface area contributed by atoms with E-state index in [0.717, 1.165) is 23.4 Å². The second kappa shape index (κ2) is 4.84. The minimum atomic E-state index is -0.969. The molecule has 3 rings (SSSR count). The number of aromatic nitrogens is 2. The second-order valence-corrected chi connectivity index (χ2v) is 5.93. The summed E-state index contributed by atoms with van der Waals surface area (Å²) in [6.07, 6.45) is -0.121. The zero-order valence-electron chi connectivity index (χ0n) is 12.0. The van der Waals surface area contributed by atoms with E-state index < -0.39 is 11.7 Å². The molecule has 108 valence electrons. The molecule has 1 aliphatic rings. The van der Waals surface area contributed by atoms with Gasteiger partial charge in [0.2, 0.25) is 0 Å². The van der Waals surface area contributed by atoms with Gasteiger partial charge >= 0.3 is 0 Å². The Morgan fingerprint density at radius 3 is 2.85 bits per heavy atom. The van der Waals surface area contributed by atoms with Crippen LogP contribution in [0.25, 0.3) is 11.0 Å². The van der Waals surface area contributed by atoms with Gasteiger partial charge in [0.05, 0.1) is 29.3 Å². The van der Waals surface area contributed by atoms with Gasteiger partial charge in [-0.3, -0.25) is 4.90 Å². The first kappa shape index (κ1) is 13.5. The van der Waals surface area contributed by atoms with E-state index in [0.29, 0.717) is 19.5 Å². The molecule has 0 spiro atoms. The molecule has 2 N–H and O–H groups in total. The number of hydrogen-bond acceptors (Lipinski definition) is 4. The molecule has 0 aliphatic carbocycles. The van der Waals surface area contributed by atoms with Crippen molar-refractivity contribution < 1.29 is 10.2 Å². The van der Waals surface area contributed by atoms with Gasteiger partial charge in [0.1, 0.15) is 5.82 Å². The highest BCUT2D eigenvalue weighted by molar-refractivity contribution is 5.75. The van der Waals surface area contributed by atoms with Crippen molar-refractivity contribution in [2.24, 2.45) is 7.05 Å². The van der Waals surface area contributed by atoms with Crippen LogP contribution >= 0.6 is 0 Å². The summed E-state index contributed by atoms with van der Waals surface area (Å²) in [6, 6.07) is 8.06. The van der Waals surface area contributed by atoms with Gasteiger partial charge < -0.3 is 14.8 Å². The van der Waals surface area contributed by atoms with Crippen LogP contribution < -0.4 is 0 Å². The van der Waals surface area contributed by atoms with Crippen LogP contribution in [0.1, 0.15) is 19.2 Å². The molecule has 0 bridgehead atoms. The molecule has 2 aromatic rings. The minimum Gasteiger partial charge on any atom is -0.389 e. The lowest BCUT2D eigenvalue weighted by molar-refractivity contribution is -0.109. The molecule has 1 aromatic heterocycles. The van der Waals surface area contributed by atoms with Crippen LogP contribution in [0.4, 0.5) is 0 Å². The fourth-order valence-electron chi connectivity index (χ4n) is 2.76. The summed E-state index contributed by atoms with van der Waals surface area (Å²) in [5.74, 6) is 0.986. The van der Waals surface area contributed by atoms with E-state index in [4.69, 9.17) is 0 Å². The van der Waals surface area contributed by atoms with Crippen molar-refractivity contribution in [1.29, 1.82) is 0 Å². The number of fused-ring (bicyclic) bond motifs is 1. The Morgan fingerprint density at radius 1 is 1.40 bits per heavy atom. The lowest BCUT2D eigenvalue weighted by atomic mass is 9.91. The zero-order chi connectivity index (χ0) is 14.3. The smallest absolute Gasteiger partial charge is 0.123 e. The zero-order valence-corrected chi connectivity index (χ0v) is 12.0. The third-order valence-electron chi connectivity index (χ3n) is 4.33. The van der Waals surface area contributed by atoms with Crippen molar-refractivity contribution >= 4 is 11.0 Å². The molecule has 0 unspecified atom stereocenters. The van der Waals surface area contributed by atoms with Gasteiger partial charge in [0.25, 0.3) is 0 Å². The molecule has 2 atom stereocenters. The monoisotopic (exact) mass is 275 g/mol. The molecular weight excluding hydrogens is 254 g/mol. The van der Waals surface area contributed by atoms with E-state index in [9.17, 15) is 10.2 Å². The highest BCUT2D eigenvalue weighted by Crippen LogP contribution is 2.23. The SMILES string of the molecule is Cn1c(CN2CC[C@@](C)(O)[C@H](O)C2)nc2ccccc21. The molecular formula is C15H21N3O2. The Bertz CT molecular complexity index is 621. The molecule has 1 saturated heterocycles. The van der Waals surface area contributed by atoms with Crippen LogP contribution in [0.5, 0.6) is 0 Å². The number of benzene rings is 1. The van der Waals surface area contributed by atoms with Crippen molar-refractivity contribution in [2.75, 3.05) is 13.1 Å². The Morgan fingerprint density at radius 2 is 2.15 bits per heavy atom. The van der Waals surface area contributed by atoms with Gasteiger partial charge in [0.15, 0.2) is 0 Å². The first-order valence-corrected chi connectivity index (χ1v) is 7.00. The normalized spacial score (nSPS) is 28.1. The number of aryl methyl sites for hydroxylation is 1. The number of nitrogens with zero attached hydrogens (tertiary/aromatic N) is 3. The van der Waals surface area contributed by atoms with Crippen LogP contribution in [-0.4, -0.2) is 49.5 Å². The number of hydrogen-bond donors (Lipinski definition) is 2. The van der Waals surface area contributed by atoms with E-state index >= 15 is 0 Å². The maximum atomic E-state index is 10.00. The van der Waals surface area contributed by atoms with Crippen molar-refractivity contribution in [1.82, 2.24) is 14.5 Å². The topological polar surface area (TPSA) is 61.5 Å². The number of aliphatic hydroxyl groups excluding tert-OH is 1. The third-order valence-corrected chi connectivity index (χ3v) is 4.33. The Balaban J connectivity index is 1.79. The third kappa shape index (κ3) is 2.32. The van der Waals surface area contributed by atoms with Gasteiger partial charge in [-0.25, -0.2) is 4.98 Å². The quantitative estimate of drug-likeness (QED) is 0.854. The van der Waals surface area contributed by atoms with Gasteiger partial charge in [-0.1, -0.05) is 12.1 Å². The van der Waals surface area contributed by atoms with E-state index in [2.05, 4.69) is 20.5 Å². The summed E-state index contributed by atoms with van der Waals surface area (Å²) < 4.78 is 2.09. The summed E-state index contributed by atoms with van der Waals surface area (Å²) in [5, 5.41) is 20.0. The predicted octanol–water partition coefficient (Wildman–Crippen LogP) is 0.891. The molecule has 2 heterocycles. The first-order valence-electron chi connectivity index (χ1n) is 7.00. The molecule has 1 fully saturated rings. The first-order chi connectivity index (χ1) is 9.47. The van der Waals surface area contributed by atoms with Crippen LogP contribution in [-0.2, 0) is 13.6 Å². The summed E-state index contributed by atoms with van der Waals surface area (Å²) in [4.78, 5) is 6.79. The summed E-state index contributed by atoms with van der Waals surface area (Å²) >= 11 is 0. The average Bonchev–Trinajstić information content (AvgIpc) is 2.72. The fraction of sp³-hybridized carbons (Fsp3) is 0.533. The number of para-hydroxylation sites is 2. The Hall–Kier alpha value is -1.43. The second-order valence-electron chi connectivity index (χ2n) is 5.93. The van der Waals surface area contributed by atoms with Crippen molar-refractivity contribution in [3.05, 3.63) is 30.1 Å². The van der Waals surface area contributed by atoms with E-state index in [1.807, 2.05) is 25.2 Å². The molecule has 20 heavy (non-hydrogen) atoms. The molecule has 0 radical (unpaired) electrons. The van der Waals surface area contributed by atoms with Crippen LogP contribution in [0, 0.1) is 0 Å². The summed E-state index contributed by atoms with van der Waals surface area (Å²) in [6.45, 7) is 3.64. The largest absolute Gasteiger partial charge is 0.389 e. The summed E-state index contributed by atoms with van der Waals surface area (Å²) in [5.41, 5.74) is 1.14. The van der Waals surface area contributed by atoms with Gasteiger partial charge in [-0.2, -0.15) is 0 Å². The van der Waals surface area contributed by atoms with Crippen molar-refractivity contribution in [3.63, 3.8) is 0 Å². The van der Waals surface area contributed by atoms with Crippen LogP contribution in [0.15, 0.2) is 24.3 Å². The summed E-state index contributed by atoms with van der Waals surface area (Å²) in [7, 11) is 2.02. The number of aliphatic hydroxyl groups is 2. The lowest BCUT2D eigenvalue weighted by Gasteiger charge is -2.39. The van der Waals surface area contributed by atoms with Crippen molar-refractivity contribution in [2.45, 2.75) is 31.6 Å². The van der Waals surface area contributed by atoms with Gasteiger partial charge in [0, 0.05) is 20.1 Å². The Kier molecular flexibility index (Phi) is 3.28. The van der Waals surface area contributed by atoms with Gasteiger partial charge in [-0.05, 0) is 25.5 Å². The van der Waals surface area contributed by atoms with Crippen LogP contribution in [0.3, 0.4) is 0 Å². The van der Waals surface area contributed by atoms with Crippen molar-refractivity contribution in [3.8, 4) is 0 Å². The number of likely N-dealkylation sites (tertiary alicyclic amines) is 1. The average molecular weight is 275 g/mol. The number of β-amino-alcohol motifs (C(OH)–C–C–N with tert-alkyl or cyclic N) is 1. The number of piperidine rings is 1. The predicted molar refractivity (Wildman–Crippen MR) is 77.2 cm³/mol. The molecule has 1 aliphatic heterocycles. The highest BCUT2D eigenvalue weighted by Gasteiger charge is 2.36. The van der Waals surface area contributed by atoms with E-state index in [-0.39, 0.29) is 0 Å². The maximum absolute atomic E-state index is 10.00. The molecule has 0 amide bonds. The highest BCUT2D eigenvalue weighted by atomic mass is 16.3. The van der Waals surface area contributed by atoms with E-state index in [1.54, 1.807) is 6.92 Å². The number of imidazole rings is 1. The Labute approximate surface area is 118 Å². The molecule has 0 saturated carbocycles. The number of rotatable bonds is 2. The molecule has 1 aromatic carbocycles. The molecule has 5 nitrogen and oxygen atoms in total. The van der Waals surface area contributed by atoms with Gasteiger partial charge in [-0.15, -0.1) is 0 Å². The minimum absolute atomic E-state index is 0.482. The fourth-order valence-corrected chi connectivity index (χ4v) is 2.76. The molecule has 5 heteroatoms. The van der Waals surface area contributed by atoms with Crippen LogP contribution in [0.2, 0.25) is 0 Å². The maximum Gasteiger partial charge on any atom is 0.123 e. The lowest BCUT2D eigenvalue weighted by Crippen LogP contribution is -2.53.